The van der Waals surface area contributed by atoms with Crippen molar-refractivity contribution in [1.29, 1.82) is 0 Å². The van der Waals surface area contributed by atoms with E-state index in [1.54, 1.807) is 0 Å². The molecule has 2 N–H and O–H groups in total. The van der Waals surface area contributed by atoms with Crippen LogP contribution < -0.4 is 9.47 Å². The summed E-state index contributed by atoms with van der Waals surface area (Å²) in [6, 6.07) is 11.6. The zero-order chi connectivity index (χ0) is 23.6. The molecule has 4 heteroatoms. The van der Waals surface area contributed by atoms with Crippen LogP contribution in [0, 0.1) is 0 Å². The molecule has 0 atom stereocenters. The molecule has 0 spiro atoms. The Balaban J connectivity index is 1.99. The molecular weight excluding hydrogens is 400 g/mol. The van der Waals surface area contributed by atoms with Gasteiger partial charge in [-0.1, -0.05) is 45.2 Å². The average molecular weight is 441 g/mol. The van der Waals surface area contributed by atoms with Crippen LogP contribution in [0.4, 0.5) is 0 Å². The van der Waals surface area contributed by atoms with E-state index in [1.165, 1.54) is 6.42 Å². The van der Waals surface area contributed by atoms with E-state index in [4.69, 9.17) is 9.47 Å². The fourth-order valence-corrected chi connectivity index (χ4v) is 4.44. The number of phenols is 2. The molecule has 2 aromatic carbocycles. The van der Waals surface area contributed by atoms with Gasteiger partial charge in [0, 0.05) is 5.41 Å². The van der Waals surface area contributed by atoms with Gasteiger partial charge in [-0.3, -0.25) is 0 Å². The zero-order valence-electron chi connectivity index (χ0n) is 20.6. The summed E-state index contributed by atoms with van der Waals surface area (Å²) < 4.78 is 12.1. The molecule has 0 amide bonds. The van der Waals surface area contributed by atoms with Crippen molar-refractivity contribution in [2.75, 3.05) is 0 Å². The monoisotopic (exact) mass is 440 g/mol. The van der Waals surface area contributed by atoms with Crippen LogP contribution in [0.5, 0.6) is 23.0 Å². The summed E-state index contributed by atoms with van der Waals surface area (Å²) >= 11 is 0. The first-order valence-corrected chi connectivity index (χ1v) is 12.1. The zero-order valence-corrected chi connectivity index (χ0v) is 20.6. The van der Waals surface area contributed by atoms with Crippen LogP contribution in [-0.4, -0.2) is 21.4 Å². The smallest absolute Gasteiger partial charge is 0.161 e. The van der Waals surface area contributed by atoms with Crippen molar-refractivity contribution in [2.45, 2.75) is 103 Å². The number of hydrogen-bond acceptors (Lipinski definition) is 4. The Morgan fingerprint density at radius 1 is 0.719 bits per heavy atom. The third kappa shape index (κ3) is 5.16. The van der Waals surface area contributed by atoms with Gasteiger partial charge in [0.1, 0.15) is 11.2 Å². The molecule has 0 aromatic heterocycles. The molecule has 0 unspecified atom stereocenters. The molecule has 1 aliphatic carbocycles. The first-order valence-electron chi connectivity index (χ1n) is 12.1. The first-order chi connectivity index (χ1) is 15.0. The summed E-state index contributed by atoms with van der Waals surface area (Å²) in [7, 11) is 0. The average Bonchev–Trinajstić information content (AvgIpc) is 2.77. The summed E-state index contributed by atoms with van der Waals surface area (Å²) in [6.07, 6.45) is 7.09. The Morgan fingerprint density at radius 3 is 1.47 bits per heavy atom. The Morgan fingerprint density at radius 2 is 1.12 bits per heavy atom. The van der Waals surface area contributed by atoms with E-state index in [-0.39, 0.29) is 28.1 Å². The molecule has 1 aliphatic rings. The molecule has 176 valence electrons. The largest absolute Gasteiger partial charge is 0.504 e. The predicted molar refractivity (Wildman–Crippen MR) is 130 cm³/mol. The van der Waals surface area contributed by atoms with E-state index in [9.17, 15) is 10.2 Å². The number of ether oxygens (including phenoxy) is 2. The van der Waals surface area contributed by atoms with Gasteiger partial charge in [0.2, 0.25) is 0 Å². The normalized spacial score (nSPS) is 16.6. The minimum absolute atomic E-state index is 0.169. The lowest BCUT2D eigenvalue weighted by Crippen LogP contribution is -2.31. The Labute approximate surface area is 193 Å². The minimum Gasteiger partial charge on any atom is -0.504 e. The molecule has 2 aromatic rings. The van der Waals surface area contributed by atoms with Gasteiger partial charge in [-0.2, -0.15) is 0 Å². The molecule has 0 heterocycles. The second-order valence-electron chi connectivity index (χ2n) is 10.4. The molecular formula is C28H40O4. The van der Waals surface area contributed by atoms with E-state index < -0.39 is 0 Å². The van der Waals surface area contributed by atoms with Gasteiger partial charge in [0.05, 0.1) is 0 Å². The maximum atomic E-state index is 10.8. The molecule has 0 radical (unpaired) electrons. The highest BCUT2D eigenvalue weighted by molar-refractivity contribution is 5.52. The van der Waals surface area contributed by atoms with Crippen LogP contribution in [0.2, 0.25) is 0 Å². The van der Waals surface area contributed by atoms with E-state index in [0.717, 1.165) is 49.7 Å². The van der Waals surface area contributed by atoms with Crippen LogP contribution in [-0.2, 0) is 5.41 Å². The quantitative estimate of drug-likeness (QED) is 0.446. The van der Waals surface area contributed by atoms with Crippen molar-refractivity contribution >= 4 is 0 Å². The lowest BCUT2D eigenvalue weighted by atomic mass is 9.65. The minimum atomic E-state index is -0.338. The number of aromatic hydroxyl groups is 2. The Hall–Kier alpha value is -2.36. The van der Waals surface area contributed by atoms with Crippen molar-refractivity contribution in [3.63, 3.8) is 0 Å². The molecule has 1 fully saturated rings. The summed E-state index contributed by atoms with van der Waals surface area (Å²) in [5.74, 6) is 1.37. The third-order valence-corrected chi connectivity index (χ3v) is 7.21. The van der Waals surface area contributed by atoms with Gasteiger partial charge in [-0.15, -0.1) is 0 Å². The maximum Gasteiger partial charge on any atom is 0.161 e. The molecule has 1 saturated carbocycles. The summed E-state index contributed by atoms with van der Waals surface area (Å²) in [4.78, 5) is 0. The molecule has 3 rings (SSSR count). The number of benzene rings is 2. The molecule has 0 saturated heterocycles. The van der Waals surface area contributed by atoms with Gasteiger partial charge >= 0.3 is 0 Å². The van der Waals surface area contributed by atoms with Crippen molar-refractivity contribution in [3.05, 3.63) is 47.5 Å². The number of rotatable bonds is 8. The van der Waals surface area contributed by atoms with E-state index >= 15 is 0 Å². The highest BCUT2D eigenvalue weighted by Crippen LogP contribution is 2.48. The van der Waals surface area contributed by atoms with E-state index in [1.807, 2.05) is 52.0 Å². The van der Waals surface area contributed by atoms with Gasteiger partial charge in [-0.25, -0.2) is 0 Å². The fraction of sp³-hybridized carbons (Fsp3) is 0.571. The standard InChI is InChI=1S/C28H40O4/c1-7-26(3,4)31-24-14-12-20(18-22(24)29)28(16-10-9-11-17-28)21-13-15-25(23(30)19-21)32-27(5,6)8-2/h12-15,18-19,29-30H,7-11,16-17H2,1-6H3. The maximum absolute atomic E-state index is 10.8. The van der Waals surface area contributed by atoms with Crippen molar-refractivity contribution < 1.29 is 19.7 Å². The summed E-state index contributed by atoms with van der Waals surface area (Å²) in [5.41, 5.74) is 1.21. The Bertz CT molecular complexity index is 854. The highest BCUT2D eigenvalue weighted by Gasteiger charge is 2.37. The summed E-state index contributed by atoms with van der Waals surface area (Å²) in [5, 5.41) is 21.6. The lowest BCUT2D eigenvalue weighted by Gasteiger charge is -2.39. The van der Waals surface area contributed by atoms with Crippen LogP contribution in [0.3, 0.4) is 0 Å². The number of phenolic OH excluding ortho intramolecular Hbond substituents is 2. The topological polar surface area (TPSA) is 58.9 Å². The predicted octanol–water partition coefficient (Wildman–Crippen LogP) is 7.48. The Kier molecular flexibility index (Phi) is 7.02. The molecule has 0 aliphatic heterocycles. The van der Waals surface area contributed by atoms with Crippen LogP contribution in [0.15, 0.2) is 36.4 Å². The third-order valence-electron chi connectivity index (χ3n) is 7.21. The van der Waals surface area contributed by atoms with Crippen LogP contribution >= 0.6 is 0 Å². The van der Waals surface area contributed by atoms with Gasteiger partial charge in [0.25, 0.3) is 0 Å². The highest BCUT2D eigenvalue weighted by atomic mass is 16.5. The molecule has 0 bridgehead atoms. The van der Waals surface area contributed by atoms with Gasteiger partial charge < -0.3 is 19.7 Å². The SMILES string of the molecule is CCC(C)(C)Oc1ccc(C2(c3ccc(OC(C)(C)CC)c(O)c3)CCCCC2)cc1O. The molecule has 4 nitrogen and oxygen atoms in total. The number of hydrogen-bond donors (Lipinski definition) is 2. The second kappa shape index (κ2) is 9.25. The van der Waals surface area contributed by atoms with Crippen LogP contribution in [0.1, 0.15) is 97.6 Å². The molecule has 32 heavy (non-hydrogen) atoms. The van der Waals surface area contributed by atoms with Gasteiger partial charge in [-0.05, 0) is 88.8 Å². The fourth-order valence-electron chi connectivity index (χ4n) is 4.44. The van der Waals surface area contributed by atoms with Crippen molar-refractivity contribution in [3.8, 4) is 23.0 Å². The van der Waals surface area contributed by atoms with E-state index in [0.29, 0.717) is 11.5 Å². The van der Waals surface area contributed by atoms with E-state index in [2.05, 4.69) is 26.0 Å². The lowest BCUT2D eigenvalue weighted by molar-refractivity contribution is 0.101. The summed E-state index contributed by atoms with van der Waals surface area (Å²) in [6.45, 7) is 12.2. The van der Waals surface area contributed by atoms with Crippen molar-refractivity contribution in [1.82, 2.24) is 0 Å². The second-order valence-corrected chi connectivity index (χ2v) is 10.4. The first kappa shape index (κ1) is 24.3. The van der Waals surface area contributed by atoms with Gasteiger partial charge in [0.15, 0.2) is 23.0 Å². The van der Waals surface area contributed by atoms with Crippen molar-refractivity contribution in [2.24, 2.45) is 0 Å². The van der Waals surface area contributed by atoms with Crippen LogP contribution in [0.25, 0.3) is 0 Å².